The van der Waals surface area contributed by atoms with Gasteiger partial charge in [-0.2, -0.15) is 0 Å². The Labute approximate surface area is 152 Å². The van der Waals surface area contributed by atoms with Crippen molar-refractivity contribution in [3.8, 4) is 16.9 Å². The Hall–Kier alpha value is -3.94. The van der Waals surface area contributed by atoms with Crippen molar-refractivity contribution < 1.29 is 24.4 Å². The van der Waals surface area contributed by atoms with Gasteiger partial charge in [0.1, 0.15) is 11.3 Å². The van der Waals surface area contributed by atoms with E-state index in [1.807, 2.05) is 0 Å². The number of esters is 1. The molecule has 0 aliphatic rings. The van der Waals surface area contributed by atoms with Crippen LogP contribution in [0.5, 0.6) is 5.75 Å². The average molecular weight is 366 g/mol. The summed E-state index contributed by atoms with van der Waals surface area (Å²) in [5.41, 5.74) is 6.12. The number of phenols is 1. The van der Waals surface area contributed by atoms with Crippen LogP contribution >= 0.6 is 0 Å². The lowest BCUT2D eigenvalue weighted by Crippen LogP contribution is -2.14. The zero-order valence-corrected chi connectivity index (χ0v) is 14.1. The highest BCUT2D eigenvalue weighted by molar-refractivity contribution is 6.13. The standard InChI is InChI=1S/C19H14N2O6/c1-27-19(24)15-9-12-7-11(10-3-2-4-13(8-10)21(25)26)5-6-14(12)16(17(15)22)18(20)23/h2-9,22H,1H3,(H2,20,23). The Morgan fingerprint density at radius 3 is 2.44 bits per heavy atom. The number of primary amides is 1. The number of non-ortho nitro benzene ring substituents is 1. The number of methoxy groups -OCH3 is 1. The molecule has 3 aromatic carbocycles. The summed E-state index contributed by atoms with van der Waals surface area (Å²) in [5, 5.41) is 22.0. The van der Waals surface area contributed by atoms with Gasteiger partial charge in [0.05, 0.1) is 17.6 Å². The predicted octanol–water partition coefficient (Wildman–Crippen LogP) is 3.01. The normalized spacial score (nSPS) is 10.6. The zero-order chi connectivity index (χ0) is 19.7. The highest BCUT2D eigenvalue weighted by Gasteiger charge is 2.22. The molecule has 1 amide bonds. The van der Waals surface area contributed by atoms with Gasteiger partial charge in [0, 0.05) is 12.1 Å². The molecule has 0 saturated carbocycles. The minimum Gasteiger partial charge on any atom is -0.506 e. The molecule has 0 aromatic heterocycles. The molecule has 3 aromatic rings. The number of nitrogens with zero attached hydrogens (tertiary/aromatic N) is 1. The van der Waals surface area contributed by atoms with Crippen molar-refractivity contribution in [2.24, 2.45) is 5.73 Å². The molecule has 0 spiro atoms. The number of nitrogens with two attached hydrogens (primary N) is 1. The smallest absolute Gasteiger partial charge is 0.341 e. The van der Waals surface area contributed by atoms with Crippen molar-refractivity contribution in [2.45, 2.75) is 0 Å². The molecule has 0 fully saturated rings. The number of nitro benzene ring substituents is 1. The number of hydrogen-bond donors (Lipinski definition) is 2. The van der Waals surface area contributed by atoms with Gasteiger partial charge >= 0.3 is 5.97 Å². The lowest BCUT2D eigenvalue weighted by molar-refractivity contribution is -0.384. The van der Waals surface area contributed by atoms with Crippen LogP contribution in [0.25, 0.3) is 21.9 Å². The van der Waals surface area contributed by atoms with Gasteiger partial charge in [0.2, 0.25) is 0 Å². The fourth-order valence-electron chi connectivity index (χ4n) is 2.89. The number of ether oxygens (including phenoxy) is 1. The second-order valence-corrected chi connectivity index (χ2v) is 5.75. The Balaban J connectivity index is 2.27. The van der Waals surface area contributed by atoms with Crippen LogP contribution in [0.4, 0.5) is 5.69 Å². The fraction of sp³-hybridized carbons (Fsp3) is 0.0526. The third kappa shape index (κ3) is 3.15. The van der Waals surface area contributed by atoms with Crippen molar-refractivity contribution in [3.63, 3.8) is 0 Å². The molecule has 0 saturated heterocycles. The first-order valence-electron chi connectivity index (χ1n) is 7.76. The van der Waals surface area contributed by atoms with Crippen LogP contribution in [-0.2, 0) is 4.74 Å². The predicted molar refractivity (Wildman–Crippen MR) is 97.6 cm³/mol. The Morgan fingerprint density at radius 2 is 1.81 bits per heavy atom. The third-order valence-electron chi connectivity index (χ3n) is 4.15. The van der Waals surface area contributed by atoms with Crippen LogP contribution in [-0.4, -0.2) is 29.0 Å². The quantitative estimate of drug-likeness (QED) is 0.414. The van der Waals surface area contributed by atoms with Crippen LogP contribution in [0.2, 0.25) is 0 Å². The fourth-order valence-corrected chi connectivity index (χ4v) is 2.89. The maximum Gasteiger partial charge on any atom is 0.341 e. The molecular formula is C19H14N2O6. The van der Waals surface area contributed by atoms with Crippen LogP contribution in [0, 0.1) is 10.1 Å². The van der Waals surface area contributed by atoms with Crippen molar-refractivity contribution in [1.82, 2.24) is 0 Å². The molecule has 0 aliphatic carbocycles. The van der Waals surface area contributed by atoms with E-state index in [9.17, 15) is 24.8 Å². The van der Waals surface area contributed by atoms with Gasteiger partial charge in [-0.25, -0.2) is 4.79 Å². The van der Waals surface area contributed by atoms with E-state index in [4.69, 9.17) is 5.73 Å². The van der Waals surface area contributed by atoms with Crippen LogP contribution in [0.3, 0.4) is 0 Å². The number of fused-ring (bicyclic) bond motifs is 1. The molecule has 27 heavy (non-hydrogen) atoms. The molecule has 3 rings (SSSR count). The monoisotopic (exact) mass is 366 g/mol. The Bertz CT molecular complexity index is 1110. The summed E-state index contributed by atoms with van der Waals surface area (Å²) in [6.45, 7) is 0. The van der Waals surface area contributed by atoms with Gasteiger partial charge in [0.25, 0.3) is 11.6 Å². The summed E-state index contributed by atoms with van der Waals surface area (Å²) in [6, 6.07) is 12.3. The van der Waals surface area contributed by atoms with E-state index in [-0.39, 0.29) is 16.8 Å². The number of rotatable bonds is 4. The first kappa shape index (κ1) is 17.9. The summed E-state index contributed by atoms with van der Waals surface area (Å²) in [5.74, 6) is -2.27. The van der Waals surface area contributed by atoms with Gasteiger partial charge < -0.3 is 15.6 Å². The summed E-state index contributed by atoms with van der Waals surface area (Å²) >= 11 is 0. The minimum absolute atomic E-state index is 0.0635. The van der Waals surface area contributed by atoms with Crippen LogP contribution < -0.4 is 5.73 Å². The molecule has 0 heterocycles. The lowest BCUT2D eigenvalue weighted by atomic mass is 9.95. The van der Waals surface area contributed by atoms with E-state index < -0.39 is 22.5 Å². The molecule has 0 unspecified atom stereocenters. The molecular weight excluding hydrogens is 352 g/mol. The Kier molecular flexibility index (Phi) is 4.47. The van der Waals surface area contributed by atoms with Crippen molar-refractivity contribution in [1.29, 1.82) is 0 Å². The number of carbonyl (C=O) groups is 2. The average Bonchev–Trinajstić information content (AvgIpc) is 2.66. The van der Waals surface area contributed by atoms with E-state index >= 15 is 0 Å². The van der Waals surface area contributed by atoms with E-state index in [1.54, 1.807) is 30.3 Å². The molecule has 0 aliphatic heterocycles. The SMILES string of the molecule is COC(=O)c1cc2cc(-c3cccc([N+](=O)[O-])c3)ccc2c(C(N)=O)c1O. The summed E-state index contributed by atoms with van der Waals surface area (Å²) in [7, 11) is 1.15. The summed E-state index contributed by atoms with van der Waals surface area (Å²) in [6.07, 6.45) is 0. The van der Waals surface area contributed by atoms with E-state index in [1.165, 1.54) is 18.2 Å². The molecule has 0 atom stereocenters. The van der Waals surface area contributed by atoms with E-state index in [2.05, 4.69) is 4.74 Å². The number of carbonyl (C=O) groups excluding carboxylic acids is 2. The van der Waals surface area contributed by atoms with Crippen molar-refractivity contribution in [2.75, 3.05) is 7.11 Å². The van der Waals surface area contributed by atoms with E-state index in [0.717, 1.165) is 7.11 Å². The lowest BCUT2D eigenvalue weighted by Gasteiger charge is -2.12. The second kappa shape index (κ2) is 6.75. The number of nitro groups is 1. The van der Waals surface area contributed by atoms with Gasteiger partial charge in [0.15, 0.2) is 0 Å². The number of hydrogen-bond acceptors (Lipinski definition) is 6. The molecule has 8 heteroatoms. The molecule has 0 bridgehead atoms. The summed E-state index contributed by atoms with van der Waals surface area (Å²) in [4.78, 5) is 34.2. The first-order chi connectivity index (χ1) is 12.8. The maximum absolute atomic E-state index is 11.9. The maximum atomic E-state index is 11.9. The van der Waals surface area contributed by atoms with Crippen molar-refractivity contribution in [3.05, 3.63) is 69.8 Å². The van der Waals surface area contributed by atoms with Gasteiger partial charge in [-0.15, -0.1) is 0 Å². The summed E-state index contributed by atoms with van der Waals surface area (Å²) < 4.78 is 4.63. The third-order valence-corrected chi connectivity index (χ3v) is 4.15. The van der Waals surface area contributed by atoms with Crippen LogP contribution in [0.15, 0.2) is 48.5 Å². The molecule has 136 valence electrons. The van der Waals surface area contributed by atoms with Gasteiger partial charge in [-0.1, -0.05) is 24.3 Å². The largest absolute Gasteiger partial charge is 0.506 e. The molecule has 3 N–H and O–H groups in total. The van der Waals surface area contributed by atoms with Crippen molar-refractivity contribution >= 4 is 28.3 Å². The number of benzene rings is 3. The topological polar surface area (TPSA) is 133 Å². The minimum atomic E-state index is -0.897. The number of aromatic hydroxyl groups is 1. The molecule has 0 radical (unpaired) electrons. The second-order valence-electron chi connectivity index (χ2n) is 5.75. The van der Waals surface area contributed by atoms with Crippen LogP contribution in [0.1, 0.15) is 20.7 Å². The Morgan fingerprint density at radius 1 is 1.11 bits per heavy atom. The zero-order valence-electron chi connectivity index (χ0n) is 14.1. The van der Waals surface area contributed by atoms with Gasteiger partial charge in [-0.3, -0.25) is 14.9 Å². The molecule has 8 nitrogen and oxygen atoms in total. The van der Waals surface area contributed by atoms with E-state index in [0.29, 0.717) is 21.9 Å². The first-order valence-corrected chi connectivity index (χ1v) is 7.76. The highest BCUT2D eigenvalue weighted by Crippen LogP contribution is 2.34. The highest BCUT2D eigenvalue weighted by atomic mass is 16.6. The number of amides is 1. The van der Waals surface area contributed by atoms with Gasteiger partial charge in [-0.05, 0) is 34.0 Å².